The van der Waals surface area contributed by atoms with E-state index in [4.69, 9.17) is 21.1 Å². The van der Waals surface area contributed by atoms with Crippen molar-refractivity contribution >= 4 is 17.5 Å². The van der Waals surface area contributed by atoms with Gasteiger partial charge in [-0.25, -0.2) is 9.37 Å². The Morgan fingerprint density at radius 3 is 2.71 bits per heavy atom. The summed E-state index contributed by atoms with van der Waals surface area (Å²) in [6, 6.07) is 8.33. The number of nitrogens with zero attached hydrogens (tertiary/aromatic N) is 5. The van der Waals surface area contributed by atoms with Crippen LogP contribution in [-0.2, 0) is 11.3 Å². The Labute approximate surface area is 185 Å². The van der Waals surface area contributed by atoms with Crippen molar-refractivity contribution in [3.63, 3.8) is 0 Å². The number of methoxy groups -OCH3 is 1. The molecule has 164 valence electrons. The van der Waals surface area contributed by atoms with Gasteiger partial charge in [-0.05, 0) is 36.6 Å². The van der Waals surface area contributed by atoms with E-state index in [9.17, 15) is 4.39 Å². The summed E-state index contributed by atoms with van der Waals surface area (Å²) in [6.07, 6.45) is 1.73. The molecule has 1 aromatic carbocycles. The molecule has 0 amide bonds. The normalized spacial score (nSPS) is 18.5. The quantitative estimate of drug-likeness (QED) is 0.542. The average molecular weight is 446 g/mol. The summed E-state index contributed by atoms with van der Waals surface area (Å²) in [5.41, 5.74) is 1.77. The standard InChI is InChI=1S/C22H25ClFN5O2/c1-4-31-13-20-26-27-22(29(20)16-6-8-21(30-3)25-10-16)28-11-14(2)18(12-28)17-7-5-15(24)9-19(17)23/h5-10,14,18H,4,11-13H2,1-3H3. The van der Waals surface area contributed by atoms with Gasteiger partial charge in [-0.1, -0.05) is 24.6 Å². The van der Waals surface area contributed by atoms with Crippen LogP contribution >= 0.6 is 11.6 Å². The van der Waals surface area contributed by atoms with E-state index in [0.717, 1.165) is 17.8 Å². The fraction of sp³-hybridized carbons (Fsp3) is 0.409. The van der Waals surface area contributed by atoms with E-state index in [2.05, 4.69) is 27.0 Å². The molecule has 9 heteroatoms. The predicted octanol–water partition coefficient (Wildman–Crippen LogP) is 4.24. The van der Waals surface area contributed by atoms with Crippen LogP contribution in [0.5, 0.6) is 5.88 Å². The lowest BCUT2D eigenvalue weighted by molar-refractivity contribution is 0.127. The molecule has 2 unspecified atom stereocenters. The Hall–Kier alpha value is -2.71. The topological polar surface area (TPSA) is 65.3 Å². The molecule has 7 nitrogen and oxygen atoms in total. The highest BCUT2D eigenvalue weighted by molar-refractivity contribution is 6.31. The van der Waals surface area contributed by atoms with Gasteiger partial charge in [-0.15, -0.1) is 10.2 Å². The molecule has 0 bridgehead atoms. The minimum absolute atomic E-state index is 0.155. The van der Waals surface area contributed by atoms with Gasteiger partial charge in [0.2, 0.25) is 11.8 Å². The van der Waals surface area contributed by atoms with Gasteiger partial charge in [0.25, 0.3) is 0 Å². The van der Waals surface area contributed by atoms with Gasteiger partial charge in [0, 0.05) is 36.7 Å². The van der Waals surface area contributed by atoms with Crippen molar-refractivity contribution in [1.29, 1.82) is 0 Å². The molecule has 31 heavy (non-hydrogen) atoms. The van der Waals surface area contributed by atoms with Gasteiger partial charge in [-0.3, -0.25) is 4.57 Å². The predicted molar refractivity (Wildman–Crippen MR) is 117 cm³/mol. The van der Waals surface area contributed by atoms with Crippen molar-refractivity contribution in [3.05, 3.63) is 58.8 Å². The number of hydrogen-bond acceptors (Lipinski definition) is 6. The summed E-state index contributed by atoms with van der Waals surface area (Å²) in [4.78, 5) is 6.51. The molecule has 0 radical (unpaired) electrons. The maximum Gasteiger partial charge on any atom is 0.232 e. The Bertz CT molecular complexity index is 1040. The molecule has 3 heterocycles. The van der Waals surface area contributed by atoms with Gasteiger partial charge in [0.05, 0.1) is 19.0 Å². The van der Waals surface area contributed by atoms with Crippen LogP contribution in [0.3, 0.4) is 0 Å². The Balaban J connectivity index is 1.68. The number of hydrogen-bond donors (Lipinski definition) is 0. The summed E-state index contributed by atoms with van der Waals surface area (Å²) >= 11 is 6.36. The van der Waals surface area contributed by atoms with Crippen LogP contribution in [0.1, 0.15) is 31.2 Å². The van der Waals surface area contributed by atoms with Crippen LogP contribution in [0, 0.1) is 11.7 Å². The molecule has 0 N–H and O–H groups in total. The van der Waals surface area contributed by atoms with E-state index in [1.54, 1.807) is 25.4 Å². The number of benzene rings is 1. The first-order valence-electron chi connectivity index (χ1n) is 10.2. The van der Waals surface area contributed by atoms with E-state index < -0.39 is 0 Å². The summed E-state index contributed by atoms with van der Waals surface area (Å²) in [6.45, 7) is 6.50. The first kappa shape index (κ1) is 21.5. The second-order valence-electron chi connectivity index (χ2n) is 7.60. The monoisotopic (exact) mass is 445 g/mol. The molecule has 0 spiro atoms. The number of halogens is 2. The van der Waals surface area contributed by atoms with Crippen LogP contribution < -0.4 is 9.64 Å². The summed E-state index contributed by atoms with van der Waals surface area (Å²) in [7, 11) is 1.58. The largest absolute Gasteiger partial charge is 0.481 e. The zero-order valence-electron chi connectivity index (χ0n) is 17.8. The molecule has 1 aliphatic rings. The van der Waals surface area contributed by atoms with Crippen LogP contribution in [0.4, 0.5) is 10.3 Å². The SMILES string of the molecule is CCOCc1nnc(N2CC(C)C(c3ccc(F)cc3Cl)C2)n1-c1ccc(OC)nc1. The van der Waals surface area contributed by atoms with Crippen molar-refractivity contribution in [3.8, 4) is 11.6 Å². The highest BCUT2D eigenvalue weighted by Gasteiger charge is 2.35. The summed E-state index contributed by atoms with van der Waals surface area (Å²) in [5.74, 6) is 2.07. The third kappa shape index (κ3) is 4.36. The fourth-order valence-corrected chi connectivity index (χ4v) is 4.33. The molecule has 4 rings (SSSR count). The van der Waals surface area contributed by atoms with E-state index in [-0.39, 0.29) is 11.7 Å². The lowest BCUT2D eigenvalue weighted by Crippen LogP contribution is -2.24. The maximum absolute atomic E-state index is 13.5. The van der Waals surface area contributed by atoms with Gasteiger partial charge in [-0.2, -0.15) is 0 Å². The van der Waals surface area contributed by atoms with Gasteiger partial charge in [0.1, 0.15) is 12.4 Å². The third-order valence-electron chi connectivity index (χ3n) is 5.59. The van der Waals surface area contributed by atoms with Crippen LogP contribution in [-0.4, -0.2) is 46.6 Å². The van der Waals surface area contributed by atoms with Gasteiger partial charge < -0.3 is 14.4 Å². The van der Waals surface area contributed by atoms with Gasteiger partial charge in [0.15, 0.2) is 5.82 Å². The van der Waals surface area contributed by atoms with Crippen molar-refractivity contribution in [2.24, 2.45) is 5.92 Å². The molecule has 2 aromatic heterocycles. The minimum Gasteiger partial charge on any atom is -0.481 e. The summed E-state index contributed by atoms with van der Waals surface area (Å²) < 4.78 is 26.3. The lowest BCUT2D eigenvalue weighted by Gasteiger charge is -2.20. The summed E-state index contributed by atoms with van der Waals surface area (Å²) in [5, 5.41) is 9.31. The number of pyridine rings is 1. The molecule has 1 aliphatic heterocycles. The molecular weight excluding hydrogens is 421 g/mol. The molecule has 1 saturated heterocycles. The zero-order chi connectivity index (χ0) is 22.0. The number of rotatable bonds is 7. The Morgan fingerprint density at radius 1 is 1.19 bits per heavy atom. The van der Waals surface area contributed by atoms with Crippen molar-refractivity contribution in [2.75, 3.05) is 31.7 Å². The molecular formula is C22H25ClFN5O2. The zero-order valence-corrected chi connectivity index (χ0v) is 18.5. The van der Waals surface area contributed by atoms with E-state index in [1.807, 2.05) is 17.6 Å². The lowest BCUT2D eigenvalue weighted by atomic mass is 9.90. The van der Waals surface area contributed by atoms with E-state index in [1.165, 1.54) is 12.1 Å². The van der Waals surface area contributed by atoms with Crippen molar-refractivity contribution in [1.82, 2.24) is 19.7 Å². The molecule has 1 fully saturated rings. The minimum atomic E-state index is -0.330. The molecule has 2 atom stereocenters. The van der Waals surface area contributed by atoms with Crippen LogP contribution in [0.15, 0.2) is 36.5 Å². The fourth-order valence-electron chi connectivity index (χ4n) is 4.03. The van der Waals surface area contributed by atoms with Crippen LogP contribution in [0.25, 0.3) is 5.69 Å². The average Bonchev–Trinajstić information content (AvgIpc) is 3.36. The van der Waals surface area contributed by atoms with Crippen molar-refractivity contribution in [2.45, 2.75) is 26.4 Å². The van der Waals surface area contributed by atoms with Crippen LogP contribution in [0.2, 0.25) is 5.02 Å². The Kier molecular flexibility index (Phi) is 6.38. The number of aromatic nitrogens is 4. The van der Waals surface area contributed by atoms with E-state index >= 15 is 0 Å². The molecule has 0 aliphatic carbocycles. The van der Waals surface area contributed by atoms with Gasteiger partial charge >= 0.3 is 0 Å². The Morgan fingerprint density at radius 2 is 2.03 bits per heavy atom. The second-order valence-corrected chi connectivity index (χ2v) is 8.01. The number of anilines is 1. The first-order chi connectivity index (χ1) is 15.0. The number of ether oxygens (including phenoxy) is 2. The first-order valence-corrected chi connectivity index (χ1v) is 10.6. The molecule has 0 saturated carbocycles. The highest BCUT2D eigenvalue weighted by atomic mass is 35.5. The maximum atomic E-state index is 13.5. The third-order valence-corrected chi connectivity index (χ3v) is 5.92. The van der Waals surface area contributed by atoms with E-state index in [0.29, 0.717) is 48.4 Å². The van der Waals surface area contributed by atoms with Crippen molar-refractivity contribution < 1.29 is 13.9 Å². The molecule has 3 aromatic rings. The second kappa shape index (κ2) is 9.20. The smallest absolute Gasteiger partial charge is 0.232 e. The highest BCUT2D eigenvalue weighted by Crippen LogP contribution is 2.38.